The van der Waals surface area contributed by atoms with Crippen molar-refractivity contribution in [1.29, 1.82) is 0 Å². The summed E-state index contributed by atoms with van der Waals surface area (Å²) >= 11 is 0. The molecule has 1 heterocycles. The van der Waals surface area contributed by atoms with Crippen molar-refractivity contribution in [2.45, 2.75) is 39.2 Å². The number of fused-ring (bicyclic) bond motifs is 1. The van der Waals surface area contributed by atoms with Crippen LogP contribution in [0.5, 0.6) is 0 Å². The second-order valence-electron chi connectivity index (χ2n) is 7.53. The molecule has 0 aliphatic carbocycles. The third-order valence-corrected chi connectivity index (χ3v) is 4.99. The van der Waals surface area contributed by atoms with Gasteiger partial charge in [0.25, 0.3) is 0 Å². The highest BCUT2D eigenvalue weighted by molar-refractivity contribution is 5.65. The molecule has 0 spiro atoms. The Morgan fingerprint density at radius 2 is 1.96 bits per heavy atom. The fraction of sp³-hybridized carbons (Fsp3) is 0.409. The first-order chi connectivity index (χ1) is 11.9. The van der Waals surface area contributed by atoms with Gasteiger partial charge in [-0.3, -0.25) is 0 Å². The third kappa shape index (κ3) is 3.62. The van der Waals surface area contributed by atoms with Gasteiger partial charge in [0.2, 0.25) is 0 Å². The lowest BCUT2D eigenvalue weighted by Crippen LogP contribution is -2.33. The van der Waals surface area contributed by atoms with Crippen LogP contribution in [0.3, 0.4) is 0 Å². The summed E-state index contributed by atoms with van der Waals surface area (Å²) in [6.45, 7) is 10.4. The number of hydrogen-bond acceptors (Lipinski definition) is 2. The quantitative estimate of drug-likeness (QED) is 0.579. The Labute approximate surface area is 151 Å². The summed E-state index contributed by atoms with van der Waals surface area (Å²) in [6.07, 6.45) is 1.91. The molecule has 1 aliphatic heterocycles. The molecule has 132 valence electrons. The molecule has 3 rings (SSSR count). The minimum atomic E-state index is -0.0186. The van der Waals surface area contributed by atoms with Crippen molar-refractivity contribution < 1.29 is 4.74 Å². The highest BCUT2D eigenvalue weighted by Gasteiger charge is 2.34. The summed E-state index contributed by atoms with van der Waals surface area (Å²) in [5.74, 6) is 0. The lowest BCUT2D eigenvalue weighted by atomic mass is 9.77. The standard InChI is InChI=1S/C22H28N2O/c1-6-24(5)15-23-20-13-19-18(12-16(20)2)21(25-14-22(19,3)4)17-10-8-7-9-11-17/h7-13,15,21H,6,14H2,1-5H3/b23-15+. The van der Waals surface area contributed by atoms with Crippen molar-refractivity contribution in [2.24, 2.45) is 4.99 Å². The lowest BCUT2D eigenvalue weighted by Gasteiger charge is -2.38. The van der Waals surface area contributed by atoms with Gasteiger partial charge in [0.15, 0.2) is 0 Å². The number of nitrogens with zero attached hydrogens (tertiary/aromatic N) is 2. The van der Waals surface area contributed by atoms with Crippen LogP contribution in [0.25, 0.3) is 0 Å². The number of rotatable bonds is 4. The van der Waals surface area contributed by atoms with E-state index in [2.05, 4.69) is 69.0 Å². The minimum Gasteiger partial charge on any atom is -0.368 e. The Morgan fingerprint density at radius 3 is 2.64 bits per heavy atom. The average Bonchev–Trinajstić information content (AvgIpc) is 2.60. The van der Waals surface area contributed by atoms with E-state index >= 15 is 0 Å². The first kappa shape index (κ1) is 17.7. The van der Waals surface area contributed by atoms with Gasteiger partial charge in [-0.25, -0.2) is 4.99 Å². The normalized spacial score (nSPS) is 19.0. The monoisotopic (exact) mass is 336 g/mol. The van der Waals surface area contributed by atoms with E-state index in [1.54, 1.807) is 0 Å². The zero-order valence-corrected chi connectivity index (χ0v) is 15.9. The maximum absolute atomic E-state index is 6.27. The average molecular weight is 336 g/mol. The molecule has 1 aliphatic rings. The molecule has 0 amide bonds. The summed E-state index contributed by atoms with van der Waals surface area (Å²) < 4.78 is 6.27. The highest BCUT2D eigenvalue weighted by Crippen LogP contribution is 2.43. The number of aliphatic imine (C=N–C) groups is 1. The zero-order valence-electron chi connectivity index (χ0n) is 15.9. The predicted octanol–water partition coefficient (Wildman–Crippen LogP) is 5.00. The third-order valence-electron chi connectivity index (χ3n) is 4.99. The van der Waals surface area contributed by atoms with Crippen LogP contribution in [-0.2, 0) is 10.2 Å². The first-order valence-electron chi connectivity index (χ1n) is 8.98. The molecule has 0 radical (unpaired) electrons. The second-order valence-corrected chi connectivity index (χ2v) is 7.53. The number of hydrogen-bond donors (Lipinski definition) is 0. The van der Waals surface area contributed by atoms with Crippen molar-refractivity contribution in [3.63, 3.8) is 0 Å². The molecule has 3 heteroatoms. The molecule has 2 aromatic carbocycles. The lowest BCUT2D eigenvalue weighted by molar-refractivity contribution is 0.0300. The molecule has 1 unspecified atom stereocenters. The summed E-state index contributed by atoms with van der Waals surface area (Å²) in [5.41, 5.74) is 6.02. The first-order valence-corrected chi connectivity index (χ1v) is 8.98. The van der Waals surface area contributed by atoms with E-state index in [1.165, 1.54) is 22.3 Å². The molecule has 0 aromatic heterocycles. The smallest absolute Gasteiger partial charge is 0.108 e. The van der Waals surface area contributed by atoms with Gasteiger partial charge in [0.05, 0.1) is 18.6 Å². The summed E-state index contributed by atoms with van der Waals surface area (Å²) in [6, 6.07) is 15.0. The van der Waals surface area contributed by atoms with E-state index in [0.29, 0.717) is 6.61 Å². The van der Waals surface area contributed by atoms with Gasteiger partial charge in [-0.1, -0.05) is 50.2 Å². The molecule has 0 N–H and O–H groups in total. The van der Waals surface area contributed by atoms with Crippen LogP contribution >= 0.6 is 0 Å². The van der Waals surface area contributed by atoms with Crippen molar-refractivity contribution >= 4 is 12.0 Å². The van der Waals surface area contributed by atoms with Crippen LogP contribution in [-0.4, -0.2) is 31.4 Å². The molecule has 2 aromatic rings. The fourth-order valence-electron chi connectivity index (χ4n) is 3.27. The molecule has 3 nitrogen and oxygen atoms in total. The molecule has 0 fully saturated rings. The van der Waals surface area contributed by atoms with E-state index in [9.17, 15) is 0 Å². The molecular weight excluding hydrogens is 308 g/mol. The SMILES string of the molecule is CCN(C)/C=N/c1cc2c(cc1C)C(c1ccccc1)OCC2(C)C. The van der Waals surface area contributed by atoms with Crippen LogP contribution in [0.1, 0.15) is 49.1 Å². The topological polar surface area (TPSA) is 24.8 Å². The van der Waals surface area contributed by atoms with Gasteiger partial charge < -0.3 is 9.64 Å². The van der Waals surface area contributed by atoms with E-state index in [4.69, 9.17) is 9.73 Å². The van der Waals surface area contributed by atoms with Crippen LogP contribution < -0.4 is 0 Å². The van der Waals surface area contributed by atoms with Gasteiger partial charge in [-0.05, 0) is 42.2 Å². The molecule has 0 saturated heterocycles. The van der Waals surface area contributed by atoms with E-state index in [1.807, 2.05) is 19.5 Å². The fourth-order valence-corrected chi connectivity index (χ4v) is 3.27. The van der Waals surface area contributed by atoms with Gasteiger partial charge >= 0.3 is 0 Å². The van der Waals surface area contributed by atoms with Gasteiger partial charge in [-0.15, -0.1) is 0 Å². The summed E-state index contributed by atoms with van der Waals surface area (Å²) in [4.78, 5) is 6.79. The second kappa shape index (κ2) is 7.01. The van der Waals surface area contributed by atoms with Crippen molar-refractivity contribution in [1.82, 2.24) is 4.90 Å². The maximum atomic E-state index is 6.27. The van der Waals surface area contributed by atoms with Crippen LogP contribution in [0, 0.1) is 6.92 Å². The predicted molar refractivity (Wildman–Crippen MR) is 105 cm³/mol. The number of benzene rings is 2. The zero-order chi connectivity index (χ0) is 18.0. The molecular formula is C22H28N2O. The van der Waals surface area contributed by atoms with E-state index < -0.39 is 0 Å². The largest absolute Gasteiger partial charge is 0.368 e. The molecule has 25 heavy (non-hydrogen) atoms. The highest BCUT2D eigenvalue weighted by atomic mass is 16.5. The van der Waals surface area contributed by atoms with E-state index in [-0.39, 0.29) is 11.5 Å². The Bertz CT molecular complexity index is 765. The summed E-state index contributed by atoms with van der Waals surface area (Å²) in [7, 11) is 2.04. The van der Waals surface area contributed by atoms with E-state index in [0.717, 1.165) is 12.2 Å². The Hall–Kier alpha value is -2.13. The van der Waals surface area contributed by atoms with Crippen molar-refractivity contribution in [3.8, 4) is 0 Å². The Balaban J connectivity index is 2.07. The van der Waals surface area contributed by atoms with Gasteiger partial charge in [-0.2, -0.15) is 0 Å². The van der Waals surface area contributed by atoms with Crippen LogP contribution in [0.15, 0.2) is 47.5 Å². The van der Waals surface area contributed by atoms with Crippen LogP contribution in [0.4, 0.5) is 5.69 Å². The Kier molecular flexibility index (Phi) is 4.96. The van der Waals surface area contributed by atoms with Gasteiger partial charge in [0, 0.05) is 19.0 Å². The Morgan fingerprint density at radius 1 is 1.24 bits per heavy atom. The van der Waals surface area contributed by atoms with Crippen molar-refractivity contribution in [2.75, 3.05) is 20.2 Å². The summed E-state index contributed by atoms with van der Waals surface area (Å²) in [5, 5.41) is 0. The number of ether oxygens (including phenoxy) is 1. The maximum Gasteiger partial charge on any atom is 0.108 e. The molecule has 0 saturated carbocycles. The van der Waals surface area contributed by atoms with Gasteiger partial charge in [0.1, 0.15) is 6.10 Å². The van der Waals surface area contributed by atoms with Crippen molar-refractivity contribution in [3.05, 3.63) is 64.7 Å². The molecule has 1 atom stereocenters. The van der Waals surface area contributed by atoms with Crippen LogP contribution in [0.2, 0.25) is 0 Å². The molecule has 0 bridgehead atoms. The minimum absolute atomic E-state index is 0.000676. The number of aryl methyl sites for hydroxylation is 1.